The number of piperazine rings is 1. The number of amides is 1. The summed E-state index contributed by atoms with van der Waals surface area (Å²) in [7, 11) is -2.17. The molecule has 2 unspecified atom stereocenters. The Bertz CT molecular complexity index is 1740. The first-order valence-electron chi connectivity index (χ1n) is 19.0. The summed E-state index contributed by atoms with van der Waals surface area (Å²) in [4.78, 5) is 25.8. The number of allylic oxidation sites excluding steroid dienone is 1. The van der Waals surface area contributed by atoms with Crippen molar-refractivity contribution in [1.29, 1.82) is 0 Å². The maximum Gasteiger partial charge on any atom is 0.283 e. The lowest BCUT2D eigenvalue weighted by molar-refractivity contribution is -0.108. The normalized spacial score (nSPS) is 32.4. The number of ether oxygens (including phenoxy) is 3. The number of anilines is 1. The van der Waals surface area contributed by atoms with E-state index in [2.05, 4.69) is 31.6 Å². The van der Waals surface area contributed by atoms with Crippen LogP contribution in [0.5, 0.6) is 5.75 Å². The van der Waals surface area contributed by atoms with Gasteiger partial charge in [-0.1, -0.05) is 36.7 Å². The molecule has 5 aliphatic rings. The van der Waals surface area contributed by atoms with Gasteiger partial charge in [0.15, 0.2) is 11.6 Å². The molecule has 0 radical (unpaired) electrons. The number of aryl methyl sites for hydroxylation is 1. The van der Waals surface area contributed by atoms with Gasteiger partial charge in [0, 0.05) is 64.0 Å². The molecule has 2 saturated heterocycles. The molecule has 1 aromatic heterocycles. The number of hydrogen-bond donors (Lipinski definition) is 1. The predicted octanol–water partition coefficient (Wildman–Crippen LogP) is 4.93. The molecule has 11 nitrogen and oxygen atoms in total. The molecule has 6 atom stereocenters. The molecule has 1 N–H and O–H groups in total. The highest BCUT2D eigenvalue weighted by atomic mass is 35.5. The number of fused-ring (bicyclic) bond motifs is 4. The zero-order chi connectivity index (χ0) is 36.5. The van der Waals surface area contributed by atoms with E-state index in [0.717, 1.165) is 83.6 Å². The average Bonchev–Trinajstić information content (AvgIpc) is 3.15. The minimum atomic E-state index is -4.00. The highest BCUT2D eigenvalue weighted by molar-refractivity contribution is 7.90. The molecule has 1 aliphatic carbocycles. The van der Waals surface area contributed by atoms with Gasteiger partial charge in [-0.3, -0.25) is 14.6 Å². The topological polar surface area (TPSA) is 114 Å². The van der Waals surface area contributed by atoms with Gasteiger partial charge in [-0.15, -0.1) is 0 Å². The number of methoxy groups -OCH3 is 1. The number of sulfonamides is 1. The van der Waals surface area contributed by atoms with E-state index in [4.69, 9.17) is 30.8 Å². The van der Waals surface area contributed by atoms with Crippen LogP contribution in [0.3, 0.4) is 0 Å². The van der Waals surface area contributed by atoms with Gasteiger partial charge in [-0.2, -0.15) is 0 Å². The van der Waals surface area contributed by atoms with Crippen LogP contribution in [0.15, 0.2) is 42.5 Å². The summed E-state index contributed by atoms with van der Waals surface area (Å²) in [5.41, 5.74) is 1.72. The third-order valence-corrected chi connectivity index (χ3v) is 14.5. The first-order chi connectivity index (χ1) is 25.0. The van der Waals surface area contributed by atoms with Gasteiger partial charge in [0.1, 0.15) is 17.9 Å². The fourth-order valence-electron chi connectivity index (χ4n) is 8.78. The Morgan fingerprint density at radius 3 is 2.73 bits per heavy atom. The molecule has 0 spiro atoms. The lowest BCUT2D eigenvalue weighted by Gasteiger charge is -2.52. The Labute approximate surface area is 314 Å². The number of aromatic nitrogens is 1. The van der Waals surface area contributed by atoms with Crippen LogP contribution in [0.4, 0.5) is 5.82 Å². The number of morpholine rings is 1. The second-order valence-electron chi connectivity index (χ2n) is 15.5. The third-order valence-electron chi connectivity index (χ3n) is 12.4. The minimum Gasteiger partial charge on any atom is -0.485 e. The van der Waals surface area contributed by atoms with E-state index in [1.54, 1.807) is 19.1 Å². The van der Waals surface area contributed by atoms with E-state index in [-0.39, 0.29) is 17.5 Å². The number of pyridine rings is 1. The number of hydrogen-bond acceptors (Lipinski definition) is 10. The Balaban J connectivity index is 1.25. The summed E-state index contributed by atoms with van der Waals surface area (Å²) in [6, 6.07) is 9.61. The number of nitrogens with zero attached hydrogens (tertiary/aromatic N) is 4. The Morgan fingerprint density at radius 2 is 1.92 bits per heavy atom. The fourth-order valence-corrected chi connectivity index (χ4v) is 10.2. The molecule has 1 aromatic carbocycles. The van der Waals surface area contributed by atoms with Gasteiger partial charge in [-0.05, 0) is 98.6 Å². The van der Waals surface area contributed by atoms with Crippen LogP contribution in [-0.4, -0.2) is 112 Å². The van der Waals surface area contributed by atoms with Crippen LogP contribution >= 0.6 is 11.6 Å². The van der Waals surface area contributed by atoms with Crippen LogP contribution in [0.25, 0.3) is 0 Å². The molecule has 52 heavy (non-hydrogen) atoms. The fraction of sp³-hybridized carbons (Fsp3) is 0.641. The molecule has 1 saturated carbocycles. The maximum absolute atomic E-state index is 13.6. The van der Waals surface area contributed by atoms with E-state index in [1.165, 1.54) is 5.56 Å². The summed E-state index contributed by atoms with van der Waals surface area (Å²) >= 11 is 6.40. The number of halogens is 1. The van der Waals surface area contributed by atoms with Crippen LogP contribution in [0.1, 0.15) is 67.6 Å². The van der Waals surface area contributed by atoms with E-state index < -0.39 is 26.8 Å². The van der Waals surface area contributed by atoms with Gasteiger partial charge < -0.3 is 19.1 Å². The van der Waals surface area contributed by atoms with Crippen molar-refractivity contribution >= 4 is 33.3 Å². The van der Waals surface area contributed by atoms with E-state index >= 15 is 0 Å². The molecular weight excluding hydrogens is 702 g/mol. The van der Waals surface area contributed by atoms with E-state index in [1.807, 2.05) is 32.2 Å². The zero-order valence-electron chi connectivity index (χ0n) is 30.8. The van der Waals surface area contributed by atoms with Crippen molar-refractivity contribution in [3.8, 4) is 5.75 Å². The SMILES string of the molecule is COC1(CN2CCN3CCOCC3C2)/C=C/C[C@H](C)[C@@H](C)S(=O)(=O)NC(=O)c2ccc3c(n2)N(CCCCc2cc(Cl)ccc2CO3)C[C@@H]2CC[C@H]21. The number of benzene rings is 1. The smallest absolute Gasteiger partial charge is 0.283 e. The lowest BCUT2D eigenvalue weighted by atomic mass is 9.63. The predicted molar refractivity (Wildman–Crippen MR) is 203 cm³/mol. The van der Waals surface area contributed by atoms with Crippen molar-refractivity contribution < 1.29 is 27.4 Å². The first-order valence-corrected chi connectivity index (χ1v) is 21.0. The van der Waals surface area contributed by atoms with Crippen molar-refractivity contribution in [3.05, 3.63) is 64.3 Å². The summed E-state index contributed by atoms with van der Waals surface area (Å²) in [5, 5.41) is -0.105. The summed E-state index contributed by atoms with van der Waals surface area (Å²) in [6.07, 6.45) is 9.69. The van der Waals surface area contributed by atoms with Gasteiger partial charge >= 0.3 is 0 Å². The zero-order valence-corrected chi connectivity index (χ0v) is 32.3. The van der Waals surface area contributed by atoms with Crippen LogP contribution in [0.2, 0.25) is 5.02 Å². The monoisotopic (exact) mass is 755 g/mol. The van der Waals surface area contributed by atoms with Crippen molar-refractivity contribution in [1.82, 2.24) is 19.5 Å². The molecule has 2 bridgehead atoms. The highest BCUT2D eigenvalue weighted by Gasteiger charge is 2.49. The van der Waals surface area contributed by atoms with Crippen LogP contribution in [-0.2, 0) is 32.5 Å². The quantitative estimate of drug-likeness (QED) is 0.433. The summed E-state index contributed by atoms with van der Waals surface area (Å²) < 4.78 is 48.5. The lowest BCUT2D eigenvalue weighted by Crippen LogP contribution is -2.62. The molecule has 13 heteroatoms. The molecule has 2 aromatic rings. The van der Waals surface area contributed by atoms with Crippen molar-refractivity contribution in [2.45, 2.75) is 75.9 Å². The summed E-state index contributed by atoms with van der Waals surface area (Å²) in [6.45, 7) is 11.5. The summed E-state index contributed by atoms with van der Waals surface area (Å²) in [5.74, 6) is 0.689. The van der Waals surface area contributed by atoms with Crippen molar-refractivity contribution in [2.24, 2.45) is 17.8 Å². The number of rotatable bonds is 3. The minimum absolute atomic E-state index is 0.0482. The molecule has 5 heterocycles. The molecule has 3 fully saturated rings. The molecule has 7 rings (SSSR count). The molecule has 1 amide bonds. The number of nitrogens with one attached hydrogen (secondary N) is 1. The Hall–Kier alpha value is -2.74. The number of carbonyl (C=O) groups is 1. The standard InChI is InChI=1S/C39H54ClN5O6S/c1-27-7-6-15-39(49-3,26-43-17-18-44-19-20-50-25-33(44)23-43)34-12-10-30(34)22-45-16-5-4-8-29-21-32(40)11-9-31(29)24-51-36-14-13-35(41-37(36)45)38(46)42-52(47,48)28(27)2/h6,9,11,13-15,21,27-28,30,33-34H,4-5,7-8,10,12,16-20,22-26H2,1-3H3,(H,42,46)/b15-6+/t27-,28+,30-,33?,34+,39?/m0/s1. The second-order valence-corrected chi connectivity index (χ2v) is 18.0. The molecule has 284 valence electrons. The molecule has 4 aliphatic heterocycles. The van der Waals surface area contributed by atoms with Gasteiger partial charge in [0.25, 0.3) is 5.91 Å². The van der Waals surface area contributed by atoms with Crippen molar-refractivity contribution in [2.75, 3.05) is 71.0 Å². The van der Waals surface area contributed by atoms with E-state index in [9.17, 15) is 13.2 Å². The van der Waals surface area contributed by atoms with Crippen molar-refractivity contribution in [3.63, 3.8) is 0 Å². The average molecular weight is 756 g/mol. The Morgan fingerprint density at radius 1 is 1.06 bits per heavy atom. The first kappa shape index (κ1) is 37.6. The largest absolute Gasteiger partial charge is 0.485 e. The maximum atomic E-state index is 13.6. The molecular formula is C39H54ClN5O6S. The number of carbonyl (C=O) groups excluding carboxylic acids is 1. The van der Waals surface area contributed by atoms with Gasteiger partial charge in [0.05, 0.1) is 18.5 Å². The van der Waals surface area contributed by atoms with Crippen LogP contribution in [0, 0.1) is 17.8 Å². The van der Waals surface area contributed by atoms with Crippen LogP contribution < -0.4 is 14.4 Å². The van der Waals surface area contributed by atoms with Gasteiger partial charge in [0.2, 0.25) is 10.0 Å². The highest BCUT2D eigenvalue weighted by Crippen LogP contribution is 2.46. The third kappa shape index (κ3) is 8.03. The second kappa shape index (κ2) is 15.9. The van der Waals surface area contributed by atoms with Gasteiger partial charge in [-0.25, -0.2) is 18.1 Å². The Kier molecular flexibility index (Phi) is 11.5. The van der Waals surface area contributed by atoms with E-state index in [0.29, 0.717) is 54.7 Å².